The van der Waals surface area contributed by atoms with Crippen molar-refractivity contribution in [2.45, 2.75) is 45.9 Å². The van der Waals surface area contributed by atoms with Crippen molar-refractivity contribution in [3.63, 3.8) is 0 Å². The molecule has 2 aliphatic rings. The van der Waals surface area contributed by atoms with Crippen molar-refractivity contribution in [2.24, 2.45) is 5.10 Å². The van der Waals surface area contributed by atoms with Gasteiger partial charge in [0.25, 0.3) is 5.91 Å². The maximum absolute atomic E-state index is 12.7. The molecule has 1 aromatic rings. The van der Waals surface area contributed by atoms with Gasteiger partial charge in [-0.1, -0.05) is 0 Å². The smallest absolute Gasteiger partial charge is 0.410 e. The molecule has 136 valence electrons. The van der Waals surface area contributed by atoms with Crippen molar-refractivity contribution in [2.75, 3.05) is 20.2 Å². The highest BCUT2D eigenvalue weighted by atomic mass is 16.6. The van der Waals surface area contributed by atoms with Gasteiger partial charge in [0.05, 0.1) is 31.1 Å². The van der Waals surface area contributed by atoms with Crippen LogP contribution in [0.25, 0.3) is 0 Å². The van der Waals surface area contributed by atoms with Crippen molar-refractivity contribution in [3.05, 3.63) is 17.0 Å². The monoisotopic (exact) mass is 349 g/mol. The molecular formula is C16H23N5O4. The molecule has 0 atom stereocenters. The van der Waals surface area contributed by atoms with Crippen molar-refractivity contribution in [1.29, 1.82) is 0 Å². The lowest BCUT2D eigenvalue weighted by Crippen LogP contribution is -2.40. The molecule has 1 N–H and O–H groups in total. The molecule has 0 spiro atoms. The van der Waals surface area contributed by atoms with Crippen LogP contribution in [-0.2, 0) is 24.2 Å². The highest BCUT2D eigenvalue weighted by Gasteiger charge is 2.34. The predicted molar refractivity (Wildman–Crippen MR) is 89.2 cm³/mol. The van der Waals surface area contributed by atoms with E-state index in [1.165, 1.54) is 5.01 Å². The lowest BCUT2D eigenvalue weighted by molar-refractivity contribution is 0.0222. The van der Waals surface area contributed by atoms with Gasteiger partial charge < -0.3 is 14.7 Å². The molecule has 0 saturated carbocycles. The summed E-state index contributed by atoms with van der Waals surface area (Å²) in [5.41, 5.74) is 1.82. The number of amides is 2. The average molecular weight is 349 g/mol. The first-order valence-electron chi connectivity index (χ1n) is 8.21. The van der Waals surface area contributed by atoms with Crippen molar-refractivity contribution >= 4 is 17.7 Å². The van der Waals surface area contributed by atoms with E-state index in [9.17, 15) is 14.7 Å². The summed E-state index contributed by atoms with van der Waals surface area (Å²) in [6.07, 6.45) is 0.150. The molecular weight excluding hydrogens is 326 g/mol. The zero-order valence-electron chi connectivity index (χ0n) is 14.9. The summed E-state index contributed by atoms with van der Waals surface area (Å²) in [6.45, 7) is 6.22. The first kappa shape index (κ1) is 17.4. The van der Waals surface area contributed by atoms with Crippen LogP contribution < -0.4 is 0 Å². The molecule has 9 nitrogen and oxygen atoms in total. The first-order chi connectivity index (χ1) is 11.7. The van der Waals surface area contributed by atoms with Crippen LogP contribution >= 0.6 is 0 Å². The Morgan fingerprint density at radius 2 is 2.04 bits per heavy atom. The fourth-order valence-corrected chi connectivity index (χ4v) is 2.96. The topological polar surface area (TPSA) is 100 Å². The summed E-state index contributed by atoms with van der Waals surface area (Å²) in [5.74, 6) is -0.303. The summed E-state index contributed by atoms with van der Waals surface area (Å²) in [4.78, 5) is 26.6. The number of aliphatic hydroxyl groups is 1. The lowest BCUT2D eigenvalue weighted by Gasteiger charge is -2.30. The van der Waals surface area contributed by atoms with Gasteiger partial charge in [-0.15, -0.1) is 0 Å². The lowest BCUT2D eigenvalue weighted by atomic mass is 10.1. The van der Waals surface area contributed by atoms with Crippen LogP contribution in [0.5, 0.6) is 0 Å². The number of hydrogen-bond acceptors (Lipinski definition) is 6. The summed E-state index contributed by atoms with van der Waals surface area (Å²) in [7, 11) is 1.54. The molecule has 25 heavy (non-hydrogen) atoms. The summed E-state index contributed by atoms with van der Waals surface area (Å²) in [5, 5.41) is 19.2. The van der Waals surface area contributed by atoms with Gasteiger partial charge in [0, 0.05) is 25.6 Å². The van der Waals surface area contributed by atoms with Crippen LogP contribution in [0.3, 0.4) is 0 Å². The SMILES string of the molecule is CN1N=C(CO)Cn2nc3c(c2C1=O)CN(C(=O)OC(C)(C)C)CC3. The number of carbonyl (C=O) groups is 2. The number of carbonyl (C=O) groups excluding carboxylic acids is 2. The van der Waals surface area contributed by atoms with Crippen LogP contribution in [0.15, 0.2) is 5.10 Å². The largest absolute Gasteiger partial charge is 0.444 e. The number of nitrogens with zero attached hydrogens (tertiary/aromatic N) is 5. The Morgan fingerprint density at radius 3 is 2.68 bits per heavy atom. The second-order valence-corrected chi connectivity index (χ2v) is 7.24. The molecule has 3 heterocycles. The molecule has 0 fully saturated rings. The molecule has 3 rings (SSSR count). The molecule has 9 heteroatoms. The van der Waals surface area contributed by atoms with E-state index in [1.54, 1.807) is 16.6 Å². The molecule has 0 aliphatic carbocycles. The van der Waals surface area contributed by atoms with Gasteiger partial charge in [-0.2, -0.15) is 10.2 Å². The van der Waals surface area contributed by atoms with E-state index in [4.69, 9.17) is 4.74 Å². The van der Waals surface area contributed by atoms with E-state index in [0.717, 1.165) is 11.3 Å². The minimum absolute atomic E-state index is 0.244. The van der Waals surface area contributed by atoms with E-state index >= 15 is 0 Å². The highest BCUT2D eigenvalue weighted by molar-refractivity contribution is 5.98. The van der Waals surface area contributed by atoms with Crippen LogP contribution in [0, 0.1) is 0 Å². The fraction of sp³-hybridized carbons (Fsp3) is 0.625. The predicted octanol–water partition coefficient (Wildman–Crippen LogP) is 0.610. The number of hydrazone groups is 1. The molecule has 2 aliphatic heterocycles. The van der Waals surface area contributed by atoms with Crippen LogP contribution in [0.2, 0.25) is 0 Å². The second kappa shape index (κ2) is 6.14. The molecule has 2 amide bonds. The van der Waals surface area contributed by atoms with Gasteiger partial charge in [-0.05, 0) is 20.8 Å². The molecule has 0 bridgehead atoms. The number of hydrogen-bond donors (Lipinski definition) is 1. The van der Waals surface area contributed by atoms with Crippen LogP contribution in [0.1, 0.15) is 42.5 Å². The summed E-state index contributed by atoms with van der Waals surface area (Å²) in [6, 6.07) is 0. The second-order valence-electron chi connectivity index (χ2n) is 7.24. The maximum Gasteiger partial charge on any atom is 0.410 e. The third-order valence-corrected chi connectivity index (χ3v) is 4.06. The van der Waals surface area contributed by atoms with Crippen molar-refractivity contribution < 1.29 is 19.4 Å². The average Bonchev–Trinajstić information content (AvgIpc) is 2.82. The van der Waals surface area contributed by atoms with Gasteiger partial charge in [0.1, 0.15) is 11.3 Å². The highest BCUT2D eigenvalue weighted by Crippen LogP contribution is 2.26. The van der Waals surface area contributed by atoms with E-state index in [1.807, 2.05) is 20.8 Å². The van der Waals surface area contributed by atoms with Gasteiger partial charge in [-0.3, -0.25) is 9.48 Å². The molecule has 0 saturated heterocycles. The number of aliphatic hydroxyl groups excluding tert-OH is 1. The zero-order chi connectivity index (χ0) is 18.4. The Labute approximate surface area is 145 Å². The van der Waals surface area contributed by atoms with E-state index in [0.29, 0.717) is 24.4 Å². The van der Waals surface area contributed by atoms with Gasteiger partial charge in [-0.25, -0.2) is 9.80 Å². The first-order valence-corrected chi connectivity index (χ1v) is 8.21. The normalized spacial score (nSPS) is 17.6. The summed E-state index contributed by atoms with van der Waals surface area (Å²) >= 11 is 0. The van der Waals surface area contributed by atoms with Gasteiger partial charge >= 0.3 is 6.09 Å². The standard InChI is InChI=1S/C16H23N5O4/c1-16(2,3)25-15(24)20-6-5-12-11(8-20)13-14(23)19(4)17-10(9-22)7-21(13)18-12/h22H,5-9H2,1-4H3. The Balaban J connectivity index is 1.91. The zero-order valence-corrected chi connectivity index (χ0v) is 14.9. The number of fused-ring (bicyclic) bond motifs is 3. The molecule has 0 unspecified atom stereocenters. The quantitative estimate of drug-likeness (QED) is 0.801. The molecule has 1 aromatic heterocycles. The third kappa shape index (κ3) is 3.37. The maximum atomic E-state index is 12.7. The number of ether oxygens (including phenoxy) is 1. The fourth-order valence-electron chi connectivity index (χ4n) is 2.96. The van der Waals surface area contributed by atoms with Crippen molar-refractivity contribution in [1.82, 2.24) is 19.7 Å². The number of aromatic nitrogens is 2. The minimum Gasteiger partial charge on any atom is -0.444 e. The Bertz CT molecular complexity index is 746. The Kier molecular flexibility index (Phi) is 4.28. The molecule has 0 aromatic carbocycles. The number of rotatable bonds is 1. The minimum atomic E-state index is -0.576. The van der Waals surface area contributed by atoms with Crippen LogP contribution in [0.4, 0.5) is 4.79 Å². The van der Waals surface area contributed by atoms with Gasteiger partial charge in [0.2, 0.25) is 0 Å². The van der Waals surface area contributed by atoms with E-state index in [-0.39, 0.29) is 25.6 Å². The van der Waals surface area contributed by atoms with E-state index in [2.05, 4.69) is 10.2 Å². The van der Waals surface area contributed by atoms with Crippen molar-refractivity contribution in [3.8, 4) is 0 Å². The third-order valence-electron chi connectivity index (χ3n) is 4.06. The Hall–Kier alpha value is -2.42. The van der Waals surface area contributed by atoms with E-state index < -0.39 is 11.7 Å². The summed E-state index contributed by atoms with van der Waals surface area (Å²) < 4.78 is 7.00. The van der Waals surface area contributed by atoms with Gasteiger partial charge in [0.15, 0.2) is 0 Å². The Morgan fingerprint density at radius 1 is 1.32 bits per heavy atom. The molecule has 0 radical (unpaired) electrons. The van der Waals surface area contributed by atoms with Crippen LogP contribution in [-0.4, -0.2) is 68.3 Å².